The molecular formula is C14H27NO4Si. The maximum absolute atomic E-state index is 11.8. The fraction of sp³-hybridized carbons (Fsp3) is 0.714. The molecule has 0 aliphatic carbocycles. The molecule has 20 heavy (non-hydrogen) atoms. The van der Waals surface area contributed by atoms with Gasteiger partial charge in [-0.25, -0.2) is 4.79 Å². The average Bonchev–Trinajstić information content (AvgIpc) is 2.30. The van der Waals surface area contributed by atoms with Crippen molar-refractivity contribution < 1.29 is 18.8 Å². The second-order valence-electron chi connectivity index (χ2n) is 6.19. The van der Waals surface area contributed by atoms with Crippen molar-refractivity contribution in [3.05, 3.63) is 11.5 Å². The molecule has 0 unspecified atom stereocenters. The number of methoxy groups -OCH3 is 1. The lowest BCUT2D eigenvalue weighted by atomic mass is 10.2. The number of nitrogens with one attached hydrogen (secondary N) is 1. The van der Waals surface area contributed by atoms with Crippen LogP contribution in [0, 0.1) is 0 Å². The molecule has 1 amide bonds. The molecule has 0 fully saturated rings. The van der Waals surface area contributed by atoms with E-state index >= 15 is 0 Å². The summed E-state index contributed by atoms with van der Waals surface area (Å²) in [6.45, 7) is 13.8. The average molecular weight is 301 g/mol. The maximum atomic E-state index is 11.8. The van der Waals surface area contributed by atoms with E-state index < -0.39 is 14.3 Å². The van der Waals surface area contributed by atoms with Crippen LogP contribution in [0.5, 0.6) is 0 Å². The largest absolute Gasteiger partial charge is 0.545 e. The van der Waals surface area contributed by atoms with Gasteiger partial charge >= 0.3 is 5.97 Å². The van der Waals surface area contributed by atoms with Gasteiger partial charge < -0.3 is 14.5 Å². The van der Waals surface area contributed by atoms with Gasteiger partial charge in [0.15, 0.2) is 5.70 Å². The number of allylic oxidation sites excluding steroid dienone is 1. The Hall–Kier alpha value is -1.30. The van der Waals surface area contributed by atoms with Crippen LogP contribution in [0.25, 0.3) is 0 Å². The number of esters is 1. The molecule has 0 rings (SSSR count). The molecule has 5 nitrogen and oxygen atoms in total. The molecule has 1 N–H and O–H groups in total. The number of hydrogen-bond donors (Lipinski definition) is 1. The highest BCUT2D eigenvalue weighted by molar-refractivity contribution is 6.74. The van der Waals surface area contributed by atoms with Gasteiger partial charge in [0.05, 0.1) is 7.11 Å². The summed E-state index contributed by atoms with van der Waals surface area (Å²) in [5, 5.41) is 2.52. The second-order valence-corrected chi connectivity index (χ2v) is 10.9. The highest BCUT2D eigenvalue weighted by atomic mass is 28.4. The van der Waals surface area contributed by atoms with E-state index in [1.165, 1.54) is 14.0 Å². The minimum absolute atomic E-state index is 0.00483. The Morgan fingerprint density at radius 3 is 2.00 bits per heavy atom. The van der Waals surface area contributed by atoms with Gasteiger partial charge in [-0.05, 0) is 18.1 Å². The molecule has 0 radical (unpaired) electrons. The zero-order valence-electron chi connectivity index (χ0n) is 13.8. The molecule has 0 spiro atoms. The summed E-state index contributed by atoms with van der Waals surface area (Å²) in [7, 11) is -0.797. The summed E-state index contributed by atoms with van der Waals surface area (Å²) < 4.78 is 10.9. The maximum Gasteiger partial charge on any atom is 0.358 e. The molecule has 0 atom stereocenters. The van der Waals surface area contributed by atoms with Gasteiger partial charge in [-0.2, -0.15) is 0 Å². The van der Waals surface area contributed by atoms with E-state index in [1.807, 2.05) is 6.92 Å². The summed E-state index contributed by atoms with van der Waals surface area (Å²) in [6, 6.07) is 0. The monoisotopic (exact) mass is 301 g/mol. The van der Waals surface area contributed by atoms with Crippen LogP contribution in [0.2, 0.25) is 18.1 Å². The van der Waals surface area contributed by atoms with E-state index in [0.29, 0.717) is 12.2 Å². The smallest absolute Gasteiger partial charge is 0.358 e. The normalized spacial score (nSPS) is 13.4. The molecule has 0 aromatic carbocycles. The van der Waals surface area contributed by atoms with Crippen molar-refractivity contribution in [2.75, 3.05) is 7.11 Å². The first-order valence-corrected chi connectivity index (χ1v) is 9.65. The van der Waals surface area contributed by atoms with Crippen molar-refractivity contribution in [1.82, 2.24) is 5.32 Å². The molecule has 0 bridgehead atoms. The van der Waals surface area contributed by atoms with Crippen molar-refractivity contribution >= 4 is 20.2 Å². The predicted molar refractivity (Wildman–Crippen MR) is 81.4 cm³/mol. The molecular weight excluding hydrogens is 274 g/mol. The number of amides is 1. The lowest BCUT2D eigenvalue weighted by molar-refractivity contribution is -0.138. The Bertz CT molecular complexity index is 408. The third-order valence-corrected chi connectivity index (χ3v) is 7.84. The molecule has 0 aromatic heterocycles. The first-order chi connectivity index (χ1) is 8.96. The minimum atomic E-state index is -2.08. The van der Waals surface area contributed by atoms with Gasteiger partial charge in [0, 0.05) is 13.3 Å². The number of hydrogen-bond acceptors (Lipinski definition) is 4. The van der Waals surface area contributed by atoms with E-state index in [2.05, 4.69) is 39.2 Å². The Labute approximate surface area is 122 Å². The Kier molecular flexibility index (Phi) is 6.47. The van der Waals surface area contributed by atoms with Crippen molar-refractivity contribution in [2.24, 2.45) is 0 Å². The zero-order valence-corrected chi connectivity index (χ0v) is 14.8. The van der Waals surface area contributed by atoms with E-state index in [-0.39, 0.29) is 16.6 Å². The highest BCUT2D eigenvalue weighted by Crippen LogP contribution is 2.38. The first kappa shape index (κ1) is 18.7. The number of ether oxygens (including phenoxy) is 1. The molecule has 6 heteroatoms. The summed E-state index contributed by atoms with van der Waals surface area (Å²) >= 11 is 0. The SMILES string of the molecule is CC/C(O[Si](C)(C)C(C)(C)C)=C(/NC(C)=O)C(=O)OC. The van der Waals surface area contributed by atoms with Crippen molar-refractivity contribution in [2.45, 2.75) is 59.2 Å². The molecule has 0 aliphatic heterocycles. The molecule has 0 aliphatic rings. The molecule has 0 aromatic rings. The van der Waals surface area contributed by atoms with Gasteiger partial charge in [-0.3, -0.25) is 4.79 Å². The van der Waals surface area contributed by atoms with Crippen LogP contribution in [0.15, 0.2) is 11.5 Å². The van der Waals surface area contributed by atoms with E-state index in [9.17, 15) is 9.59 Å². The third kappa shape index (κ3) is 5.00. The number of rotatable bonds is 5. The van der Waals surface area contributed by atoms with E-state index in [0.717, 1.165) is 0 Å². The van der Waals surface area contributed by atoms with Gasteiger partial charge in [-0.15, -0.1) is 0 Å². The standard InChI is InChI=1S/C14H27NO4Si/c1-9-11(19-20(7,8)14(3,4)5)12(13(17)18-6)15-10(2)16/h9H2,1-8H3,(H,15,16)/b12-11-. The summed E-state index contributed by atoms with van der Waals surface area (Å²) in [4.78, 5) is 23.1. The summed E-state index contributed by atoms with van der Waals surface area (Å²) in [6.07, 6.45) is 0.511. The molecule has 0 saturated heterocycles. The molecule has 116 valence electrons. The highest BCUT2D eigenvalue weighted by Gasteiger charge is 2.40. The Morgan fingerprint density at radius 1 is 1.20 bits per heavy atom. The van der Waals surface area contributed by atoms with Crippen LogP contribution in [0.3, 0.4) is 0 Å². The topological polar surface area (TPSA) is 64.6 Å². The van der Waals surface area contributed by atoms with Crippen LogP contribution in [0.4, 0.5) is 0 Å². The van der Waals surface area contributed by atoms with E-state index in [4.69, 9.17) is 9.16 Å². The third-order valence-electron chi connectivity index (χ3n) is 3.48. The quantitative estimate of drug-likeness (QED) is 0.367. The fourth-order valence-electron chi connectivity index (χ4n) is 1.27. The van der Waals surface area contributed by atoms with Crippen molar-refractivity contribution in [1.29, 1.82) is 0 Å². The lowest BCUT2D eigenvalue weighted by Gasteiger charge is -2.37. The Morgan fingerprint density at radius 2 is 1.70 bits per heavy atom. The van der Waals surface area contributed by atoms with Crippen LogP contribution >= 0.6 is 0 Å². The van der Waals surface area contributed by atoms with Gasteiger partial charge in [0.1, 0.15) is 5.76 Å². The summed E-state index contributed by atoms with van der Waals surface area (Å²) in [5.41, 5.74) is 0.104. The van der Waals surface area contributed by atoms with Gasteiger partial charge in [0.2, 0.25) is 14.2 Å². The van der Waals surface area contributed by atoms with Crippen LogP contribution in [-0.2, 0) is 18.8 Å². The predicted octanol–water partition coefficient (Wildman–Crippen LogP) is 2.94. The lowest BCUT2D eigenvalue weighted by Crippen LogP contribution is -2.41. The number of carbonyl (C=O) groups excluding carboxylic acids is 2. The fourth-order valence-corrected chi connectivity index (χ4v) is 2.44. The van der Waals surface area contributed by atoms with Crippen LogP contribution in [-0.4, -0.2) is 27.3 Å². The van der Waals surface area contributed by atoms with E-state index in [1.54, 1.807) is 0 Å². The first-order valence-electron chi connectivity index (χ1n) is 6.74. The van der Waals surface area contributed by atoms with Crippen molar-refractivity contribution in [3.63, 3.8) is 0 Å². The van der Waals surface area contributed by atoms with Gasteiger partial charge in [0.25, 0.3) is 0 Å². The summed E-state index contributed by atoms with van der Waals surface area (Å²) in [5.74, 6) is -0.426. The number of carbonyl (C=O) groups is 2. The van der Waals surface area contributed by atoms with Crippen molar-refractivity contribution in [3.8, 4) is 0 Å². The molecule has 0 saturated carbocycles. The van der Waals surface area contributed by atoms with Crippen LogP contribution < -0.4 is 5.32 Å². The Balaban J connectivity index is 5.60. The zero-order chi connectivity index (χ0) is 16.1. The minimum Gasteiger partial charge on any atom is -0.545 e. The van der Waals surface area contributed by atoms with Crippen LogP contribution in [0.1, 0.15) is 41.0 Å². The molecule has 0 heterocycles. The second kappa shape index (κ2) is 6.92. The van der Waals surface area contributed by atoms with Gasteiger partial charge in [-0.1, -0.05) is 27.7 Å².